The second-order valence-corrected chi connectivity index (χ2v) is 4.95. The number of hydrogen-bond donors (Lipinski definition) is 1. The van der Waals surface area contributed by atoms with Crippen LogP contribution in [-0.2, 0) is 0 Å². The standard InChI is InChI=1S/C12H12BrN3O2/c1-6-7(2)15-16(8(6)3)11-10(12(17)18)4-9(13)5-14-11/h4-5H,1-3H3,(H,17,18). The van der Waals surface area contributed by atoms with Crippen molar-refractivity contribution >= 4 is 21.9 Å². The minimum absolute atomic E-state index is 0.120. The maximum atomic E-state index is 11.2. The van der Waals surface area contributed by atoms with E-state index in [9.17, 15) is 9.90 Å². The molecule has 0 aromatic carbocycles. The van der Waals surface area contributed by atoms with Crippen molar-refractivity contribution in [2.24, 2.45) is 0 Å². The molecule has 0 bridgehead atoms. The van der Waals surface area contributed by atoms with E-state index in [1.165, 1.54) is 6.07 Å². The molecule has 2 aromatic heterocycles. The van der Waals surface area contributed by atoms with E-state index in [2.05, 4.69) is 26.0 Å². The molecule has 0 unspecified atom stereocenters. The summed E-state index contributed by atoms with van der Waals surface area (Å²) in [7, 11) is 0. The van der Waals surface area contributed by atoms with E-state index in [4.69, 9.17) is 0 Å². The summed E-state index contributed by atoms with van der Waals surface area (Å²) in [4.78, 5) is 15.4. The van der Waals surface area contributed by atoms with Crippen molar-refractivity contribution in [3.63, 3.8) is 0 Å². The van der Waals surface area contributed by atoms with E-state index in [-0.39, 0.29) is 5.56 Å². The fourth-order valence-electron chi connectivity index (χ4n) is 1.69. The number of pyridine rings is 1. The van der Waals surface area contributed by atoms with E-state index in [1.54, 1.807) is 10.9 Å². The molecule has 2 aromatic rings. The maximum Gasteiger partial charge on any atom is 0.339 e. The van der Waals surface area contributed by atoms with Crippen molar-refractivity contribution in [2.45, 2.75) is 20.8 Å². The van der Waals surface area contributed by atoms with Crippen molar-refractivity contribution in [2.75, 3.05) is 0 Å². The quantitative estimate of drug-likeness (QED) is 0.926. The Bertz CT molecular complexity index is 634. The van der Waals surface area contributed by atoms with Gasteiger partial charge < -0.3 is 5.11 Å². The summed E-state index contributed by atoms with van der Waals surface area (Å²) < 4.78 is 2.20. The first-order valence-corrected chi connectivity index (χ1v) is 6.13. The van der Waals surface area contributed by atoms with Crippen LogP contribution in [0.25, 0.3) is 5.82 Å². The van der Waals surface area contributed by atoms with Gasteiger partial charge in [0.25, 0.3) is 0 Å². The Labute approximate surface area is 113 Å². The van der Waals surface area contributed by atoms with Crippen LogP contribution in [0.3, 0.4) is 0 Å². The van der Waals surface area contributed by atoms with Crippen LogP contribution in [0.1, 0.15) is 27.3 Å². The van der Waals surface area contributed by atoms with Crippen molar-refractivity contribution in [1.82, 2.24) is 14.8 Å². The maximum absolute atomic E-state index is 11.2. The fraction of sp³-hybridized carbons (Fsp3) is 0.250. The highest BCUT2D eigenvalue weighted by Gasteiger charge is 2.17. The van der Waals surface area contributed by atoms with Gasteiger partial charge in [-0.3, -0.25) is 0 Å². The summed E-state index contributed by atoms with van der Waals surface area (Å²) in [5, 5.41) is 13.5. The molecule has 0 fully saturated rings. The zero-order chi connectivity index (χ0) is 13.4. The number of nitrogens with zero attached hydrogens (tertiary/aromatic N) is 3. The van der Waals surface area contributed by atoms with Gasteiger partial charge in [0.1, 0.15) is 5.56 Å². The normalized spacial score (nSPS) is 10.7. The molecule has 0 atom stereocenters. The molecular formula is C12H12BrN3O2. The van der Waals surface area contributed by atoms with Crippen LogP contribution in [0.4, 0.5) is 0 Å². The largest absolute Gasteiger partial charge is 0.478 e. The number of aromatic nitrogens is 3. The number of aromatic carboxylic acids is 1. The van der Waals surface area contributed by atoms with Gasteiger partial charge in [-0.2, -0.15) is 5.10 Å². The second kappa shape index (κ2) is 4.53. The molecule has 6 heteroatoms. The molecular weight excluding hydrogens is 298 g/mol. The Hall–Kier alpha value is -1.69. The average Bonchev–Trinajstić information content (AvgIpc) is 2.57. The lowest BCUT2D eigenvalue weighted by Crippen LogP contribution is -2.10. The summed E-state index contributed by atoms with van der Waals surface area (Å²) in [5.74, 6) is -0.691. The minimum Gasteiger partial charge on any atom is -0.478 e. The third-order valence-electron chi connectivity index (χ3n) is 2.92. The lowest BCUT2D eigenvalue weighted by molar-refractivity contribution is 0.0696. The Morgan fingerprint density at radius 2 is 2.06 bits per heavy atom. The molecule has 1 N–H and O–H groups in total. The first-order valence-electron chi connectivity index (χ1n) is 5.34. The zero-order valence-electron chi connectivity index (χ0n) is 10.2. The SMILES string of the molecule is Cc1nn(-c2ncc(Br)cc2C(=O)O)c(C)c1C. The molecule has 18 heavy (non-hydrogen) atoms. The van der Waals surface area contributed by atoms with Gasteiger partial charge in [-0.25, -0.2) is 14.5 Å². The molecule has 0 saturated carbocycles. The van der Waals surface area contributed by atoms with Crippen molar-refractivity contribution in [3.8, 4) is 5.82 Å². The van der Waals surface area contributed by atoms with Crippen LogP contribution in [0.2, 0.25) is 0 Å². The monoisotopic (exact) mass is 309 g/mol. The molecule has 0 amide bonds. The van der Waals surface area contributed by atoms with E-state index in [1.807, 2.05) is 20.8 Å². The molecule has 2 heterocycles. The highest BCUT2D eigenvalue weighted by atomic mass is 79.9. The molecule has 5 nitrogen and oxygen atoms in total. The summed E-state index contributed by atoms with van der Waals surface area (Å²) in [6.07, 6.45) is 1.56. The van der Waals surface area contributed by atoms with Gasteiger partial charge in [0, 0.05) is 16.4 Å². The molecule has 0 aliphatic carbocycles. The van der Waals surface area contributed by atoms with Crippen molar-refractivity contribution in [3.05, 3.63) is 39.3 Å². The zero-order valence-corrected chi connectivity index (χ0v) is 11.8. The molecule has 0 aliphatic rings. The second-order valence-electron chi connectivity index (χ2n) is 4.04. The molecule has 0 saturated heterocycles. The van der Waals surface area contributed by atoms with Crippen LogP contribution in [0.15, 0.2) is 16.7 Å². The van der Waals surface area contributed by atoms with Crippen LogP contribution in [0.5, 0.6) is 0 Å². The van der Waals surface area contributed by atoms with Crippen LogP contribution < -0.4 is 0 Å². The van der Waals surface area contributed by atoms with Gasteiger partial charge in [0.05, 0.1) is 5.69 Å². The fourth-order valence-corrected chi connectivity index (χ4v) is 2.02. The van der Waals surface area contributed by atoms with Gasteiger partial charge in [-0.1, -0.05) is 0 Å². The number of carboxylic acid groups (broad SMARTS) is 1. The summed E-state index contributed by atoms with van der Waals surface area (Å²) >= 11 is 3.22. The van der Waals surface area contributed by atoms with Gasteiger partial charge >= 0.3 is 5.97 Å². The van der Waals surface area contributed by atoms with E-state index < -0.39 is 5.97 Å². The van der Waals surface area contributed by atoms with Crippen molar-refractivity contribution in [1.29, 1.82) is 0 Å². The first-order chi connectivity index (χ1) is 8.41. The molecule has 2 rings (SSSR count). The smallest absolute Gasteiger partial charge is 0.339 e. The average molecular weight is 310 g/mol. The van der Waals surface area contributed by atoms with Crippen molar-refractivity contribution < 1.29 is 9.90 Å². The summed E-state index contributed by atoms with van der Waals surface area (Å²) in [6, 6.07) is 1.52. The third kappa shape index (κ3) is 2.03. The van der Waals surface area contributed by atoms with E-state index in [0.29, 0.717) is 10.3 Å². The lowest BCUT2D eigenvalue weighted by Gasteiger charge is -2.07. The number of carbonyl (C=O) groups is 1. The number of hydrogen-bond acceptors (Lipinski definition) is 3. The molecule has 94 valence electrons. The van der Waals surface area contributed by atoms with E-state index in [0.717, 1.165) is 17.0 Å². The summed E-state index contributed by atoms with van der Waals surface area (Å²) in [6.45, 7) is 5.73. The van der Waals surface area contributed by atoms with Gasteiger partial charge in [-0.05, 0) is 48.3 Å². The minimum atomic E-state index is -1.02. The lowest BCUT2D eigenvalue weighted by atomic mass is 10.2. The highest BCUT2D eigenvalue weighted by Crippen LogP contribution is 2.21. The van der Waals surface area contributed by atoms with Crippen LogP contribution in [-0.4, -0.2) is 25.8 Å². The number of rotatable bonds is 2. The van der Waals surface area contributed by atoms with Gasteiger partial charge in [-0.15, -0.1) is 0 Å². The molecule has 0 aliphatic heterocycles. The Balaban J connectivity index is 2.71. The van der Waals surface area contributed by atoms with Crippen LogP contribution in [0, 0.1) is 20.8 Å². The predicted octanol–water partition coefficient (Wildman–Crippen LogP) is 2.65. The number of carboxylic acids is 1. The molecule has 0 spiro atoms. The van der Waals surface area contributed by atoms with Crippen LogP contribution >= 0.6 is 15.9 Å². The Morgan fingerprint density at radius 3 is 2.56 bits per heavy atom. The topological polar surface area (TPSA) is 68.0 Å². The third-order valence-corrected chi connectivity index (χ3v) is 3.35. The predicted molar refractivity (Wildman–Crippen MR) is 70.2 cm³/mol. The van der Waals surface area contributed by atoms with E-state index >= 15 is 0 Å². The summed E-state index contributed by atoms with van der Waals surface area (Å²) in [5.41, 5.74) is 2.92. The highest BCUT2D eigenvalue weighted by molar-refractivity contribution is 9.10. The first kappa shape index (κ1) is 12.8. The van der Waals surface area contributed by atoms with Gasteiger partial charge in [0.15, 0.2) is 5.82 Å². The Kier molecular flexibility index (Phi) is 3.21. The molecule has 0 radical (unpaired) electrons. The Morgan fingerprint density at radius 1 is 1.39 bits per heavy atom. The number of halogens is 1. The number of aryl methyl sites for hydroxylation is 1. The van der Waals surface area contributed by atoms with Gasteiger partial charge in [0.2, 0.25) is 0 Å².